The average molecular weight is 490 g/mol. The van der Waals surface area contributed by atoms with Gasteiger partial charge in [-0.25, -0.2) is 4.98 Å². The summed E-state index contributed by atoms with van der Waals surface area (Å²) in [6, 6.07) is 7.33. The van der Waals surface area contributed by atoms with Crippen LogP contribution in [0.4, 0.5) is 0 Å². The van der Waals surface area contributed by atoms with Gasteiger partial charge >= 0.3 is 0 Å². The van der Waals surface area contributed by atoms with E-state index >= 15 is 0 Å². The maximum absolute atomic E-state index is 13.0. The van der Waals surface area contributed by atoms with Crippen molar-refractivity contribution >= 4 is 44.4 Å². The highest BCUT2D eigenvalue weighted by molar-refractivity contribution is 9.10. The zero-order valence-corrected chi connectivity index (χ0v) is 19.7. The molecule has 0 atom stereocenters. The van der Waals surface area contributed by atoms with Crippen LogP contribution in [0.2, 0.25) is 0 Å². The molecule has 0 spiro atoms. The molecular weight excluding hydrogens is 466 g/mol. The Morgan fingerprint density at radius 1 is 1.30 bits per heavy atom. The van der Waals surface area contributed by atoms with E-state index in [-0.39, 0.29) is 17.1 Å². The molecule has 158 valence electrons. The van der Waals surface area contributed by atoms with Gasteiger partial charge in [-0.05, 0) is 38.1 Å². The molecule has 0 fully saturated rings. The number of aryl methyl sites for hydroxylation is 1. The number of nitrogens with zero attached hydrogens (tertiary/aromatic N) is 3. The van der Waals surface area contributed by atoms with Crippen molar-refractivity contribution in [1.82, 2.24) is 14.1 Å². The molecule has 6 nitrogen and oxygen atoms in total. The summed E-state index contributed by atoms with van der Waals surface area (Å²) in [5, 5.41) is 1.05. The number of allylic oxidation sites excluding steroid dienone is 1. The molecule has 2 aromatic heterocycles. The van der Waals surface area contributed by atoms with Gasteiger partial charge in [0.1, 0.15) is 0 Å². The quantitative estimate of drug-likeness (QED) is 0.193. The molecule has 0 bridgehead atoms. The molecule has 0 unspecified atom stereocenters. The van der Waals surface area contributed by atoms with Crippen LogP contribution in [0.15, 0.2) is 51.3 Å². The van der Waals surface area contributed by atoms with Gasteiger partial charge in [-0.15, -0.1) is 6.58 Å². The fraction of sp³-hybridized carbons (Fsp3) is 0.318. The number of hydrogen-bond donors (Lipinski definition) is 0. The van der Waals surface area contributed by atoms with E-state index in [0.29, 0.717) is 41.3 Å². The van der Waals surface area contributed by atoms with Crippen LogP contribution in [0.5, 0.6) is 0 Å². The first-order chi connectivity index (χ1) is 14.4. The van der Waals surface area contributed by atoms with E-state index in [1.807, 2.05) is 32.1 Å². The molecule has 0 saturated carbocycles. The average Bonchev–Trinajstić information content (AvgIpc) is 3.00. The van der Waals surface area contributed by atoms with Gasteiger partial charge in [0.15, 0.2) is 10.9 Å². The van der Waals surface area contributed by atoms with Crippen LogP contribution in [0, 0.1) is 13.8 Å². The summed E-state index contributed by atoms with van der Waals surface area (Å²) in [7, 11) is 1.59. The summed E-state index contributed by atoms with van der Waals surface area (Å²) in [5.41, 5.74) is 3.10. The predicted octanol–water partition coefficient (Wildman–Crippen LogP) is 4.38. The van der Waals surface area contributed by atoms with Gasteiger partial charge < -0.3 is 9.30 Å². The number of rotatable bonds is 9. The van der Waals surface area contributed by atoms with Crippen molar-refractivity contribution in [2.24, 2.45) is 0 Å². The predicted molar refractivity (Wildman–Crippen MR) is 125 cm³/mol. The Bertz CT molecular complexity index is 1170. The monoisotopic (exact) mass is 489 g/mol. The van der Waals surface area contributed by atoms with E-state index in [9.17, 15) is 9.59 Å². The van der Waals surface area contributed by atoms with E-state index in [1.165, 1.54) is 11.8 Å². The van der Waals surface area contributed by atoms with Crippen molar-refractivity contribution in [2.75, 3.05) is 19.5 Å². The number of carbonyl (C=O) groups is 1. The molecule has 30 heavy (non-hydrogen) atoms. The van der Waals surface area contributed by atoms with Crippen molar-refractivity contribution in [2.45, 2.75) is 32.1 Å². The summed E-state index contributed by atoms with van der Waals surface area (Å²) in [6.45, 7) is 9.11. The number of Topliss-reactive ketones (excluding diaryl/α,β-unsaturated/α-hetero) is 1. The van der Waals surface area contributed by atoms with Gasteiger partial charge in [0, 0.05) is 35.1 Å². The summed E-state index contributed by atoms with van der Waals surface area (Å²) in [4.78, 5) is 30.6. The minimum atomic E-state index is -0.141. The van der Waals surface area contributed by atoms with Crippen LogP contribution in [0.3, 0.4) is 0 Å². The number of fused-ring (bicyclic) bond motifs is 1. The Morgan fingerprint density at radius 3 is 2.77 bits per heavy atom. The summed E-state index contributed by atoms with van der Waals surface area (Å²) in [5.74, 6) is 0.201. The lowest BCUT2D eigenvalue weighted by atomic mass is 10.2. The minimum Gasteiger partial charge on any atom is -0.383 e. The Morgan fingerprint density at radius 2 is 2.07 bits per heavy atom. The van der Waals surface area contributed by atoms with Crippen LogP contribution in [0.1, 0.15) is 21.7 Å². The first-order valence-electron chi connectivity index (χ1n) is 9.50. The lowest BCUT2D eigenvalue weighted by Gasteiger charge is -2.13. The Labute approximate surface area is 188 Å². The van der Waals surface area contributed by atoms with Crippen molar-refractivity contribution < 1.29 is 9.53 Å². The Kier molecular flexibility index (Phi) is 7.33. The van der Waals surface area contributed by atoms with Crippen LogP contribution >= 0.6 is 27.7 Å². The van der Waals surface area contributed by atoms with E-state index in [4.69, 9.17) is 4.74 Å². The second kappa shape index (κ2) is 9.76. The molecule has 0 N–H and O–H groups in total. The van der Waals surface area contributed by atoms with Crippen LogP contribution in [-0.2, 0) is 17.8 Å². The van der Waals surface area contributed by atoms with E-state index in [2.05, 4.69) is 32.1 Å². The number of halogens is 1. The highest BCUT2D eigenvalue weighted by atomic mass is 79.9. The zero-order valence-electron chi connectivity index (χ0n) is 17.3. The standard InChI is InChI=1S/C22H24BrN3O3S/c1-5-8-25-14(2)11-17(15(25)3)20(27)13-30-22-24-19-7-6-16(23)12-18(19)21(28)26(22)9-10-29-4/h5-7,11-12H,1,8-10,13H2,2-4H3. The van der Waals surface area contributed by atoms with E-state index in [1.54, 1.807) is 23.8 Å². The second-order valence-corrected chi connectivity index (χ2v) is 8.76. The lowest BCUT2D eigenvalue weighted by molar-refractivity contribution is 0.102. The highest BCUT2D eigenvalue weighted by Gasteiger charge is 2.18. The highest BCUT2D eigenvalue weighted by Crippen LogP contribution is 2.23. The molecule has 3 aromatic rings. The number of benzene rings is 1. The third-order valence-electron chi connectivity index (χ3n) is 4.92. The maximum atomic E-state index is 13.0. The number of carbonyl (C=O) groups excluding carboxylic acids is 1. The smallest absolute Gasteiger partial charge is 0.262 e. The fourth-order valence-electron chi connectivity index (χ4n) is 3.36. The van der Waals surface area contributed by atoms with Crippen molar-refractivity contribution in [3.05, 3.63) is 68.7 Å². The van der Waals surface area contributed by atoms with Gasteiger partial charge in [-0.2, -0.15) is 0 Å². The Hall–Kier alpha value is -2.16. The van der Waals surface area contributed by atoms with Gasteiger partial charge in [0.05, 0.1) is 29.8 Å². The van der Waals surface area contributed by atoms with Crippen molar-refractivity contribution in [1.29, 1.82) is 0 Å². The first-order valence-corrected chi connectivity index (χ1v) is 11.3. The van der Waals surface area contributed by atoms with Crippen molar-refractivity contribution in [3.8, 4) is 0 Å². The normalized spacial score (nSPS) is 11.2. The molecule has 0 aliphatic heterocycles. The number of aromatic nitrogens is 3. The van der Waals surface area contributed by atoms with Crippen LogP contribution < -0.4 is 5.56 Å². The third kappa shape index (κ3) is 4.61. The zero-order chi connectivity index (χ0) is 21.8. The fourth-order valence-corrected chi connectivity index (χ4v) is 4.63. The van der Waals surface area contributed by atoms with Gasteiger partial charge in [-0.3, -0.25) is 14.2 Å². The van der Waals surface area contributed by atoms with Gasteiger partial charge in [0.25, 0.3) is 5.56 Å². The van der Waals surface area contributed by atoms with Gasteiger partial charge in [0.2, 0.25) is 0 Å². The second-order valence-electron chi connectivity index (χ2n) is 6.90. The summed E-state index contributed by atoms with van der Waals surface area (Å²) >= 11 is 4.68. The molecule has 3 rings (SSSR count). The molecule has 1 aromatic carbocycles. The maximum Gasteiger partial charge on any atom is 0.262 e. The molecule has 0 saturated heterocycles. The largest absolute Gasteiger partial charge is 0.383 e. The topological polar surface area (TPSA) is 66.1 Å². The van der Waals surface area contributed by atoms with Gasteiger partial charge in [-0.1, -0.05) is 33.8 Å². The Balaban J connectivity index is 1.92. The molecule has 0 aliphatic carbocycles. The molecule has 0 radical (unpaired) electrons. The molecule has 8 heteroatoms. The molecule has 0 amide bonds. The van der Waals surface area contributed by atoms with Crippen LogP contribution in [-0.4, -0.2) is 39.4 Å². The number of methoxy groups -OCH3 is 1. The SMILES string of the molecule is C=CCn1c(C)cc(C(=O)CSc2nc3ccc(Br)cc3c(=O)n2CCOC)c1C. The van der Waals surface area contributed by atoms with Crippen molar-refractivity contribution in [3.63, 3.8) is 0 Å². The van der Waals surface area contributed by atoms with E-state index in [0.717, 1.165) is 15.9 Å². The number of ether oxygens (including phenoxy) is 1. The number of thioether (sulfide) groups is 1. The minimum absolute atomic E-state index is 0.00635. The summed E-state index contributed by atoms with van der Waals surface area (Å²) in [6.07, 6.45) is 1.81. The third-order valence-corrected chi connectivity index (χ3v) is 6.39. The first kappa shape index (κ1) is 22.5. The summed E-state index contributed by atoms with van der Waals surface area (Å²) < 4.78 is 9.62. The molecular formula is C22H24BrN3O3S. The molecule has 0 aliphatic rings. The van der Waals surface area contributed by atoms with E-state index < -0.39 is 0 Å². The van der Waals surface area contributed by atoms with Crippen LogP contribution in [0.25, 0.3) is 10.9 Å². The number of ketones is 1. The number of hydrogen-bond acceptors (Lipinski definition) is 5. The lowest BCUT2D eigenvalue weighted by Crippen LogP contribution is -2.25. The molecule has 2 heterocycles.